The van der Waals surface area contributed by atoms with Gasteiger partial charge in [0.25, 0.3) is 0 Å². The summed E-state index contributed by atoms with van der Waals surface area (Å²) in [5, 5.41) is 3.70. The van der Waals surface area contributed by atoms with Crippen LogP contribution in [0.2, 0.25) is 0 Å². The van der Waals surface area contributed by atoms with Crippen LogP contribution in [0.15, 0.2) is 18.2 Å². The van der Waals surface area contributed by atoms with Gasteiger partial charge in [0.15, 0.2) is 0 Å². The number of aryl methyl sites for hydroxylation is 1. The van der Waals surface area contributed by atoms with Crippen LogP contribution in [0, 0.1) is 12.8 Å². The lowest BCUT2D eigenvalue weighted by molar-refractivity contribution is 0.0950. The minimum absolute atomic E-state index is 0.301. The molecular formula is C17H27NO2. The second-order valence-corrected chi connectivity index (χ2v) is 5.71. The third-order valence-electron chi connectivity index (χ3n) is 4.20. The van der Waals surface area contributed by atoms with Gasteiger partial charge in [0.1, 0.15) is 5.75 Å². The average molecular weight is 277 g/mol. The van der Waals surface area contributed by atoms with E-state index in [0.717, 1.165) is 31.7 Å². The van der Waals surface area contributed by atoms with Crippen molar-refractivity contribution >= 4 is 0 Å². The Hall–Kier alpha value is -1.06. The quantitative estimate of drug-likeness (QED) is 0.863. The summed E-state index contributed by atoms with van der Waals surface area (Å²) in [6.45, 7) is 8.40. The molecule has 0 bridgehead atoms. The second kappa shape index (κ2) is 7.09. The van der Waals surface area contributed by atoms with E-state index in [1.807, 2.05) is 0 Å². The Balaban J connectivity index is 2.32. The van der Waals surface area contributed by atoms with E-state index in [4.69, 9.17) is 9.47 Å². The van der Waals surface area contributed by atoms with Crippen molar-refractivity contribution in [2.45, 2.75) is 45.8 Å². The molecule has 1 aromatic carbocycles. The zero-order valence-corrected chi connectivity index (χ0v) is 13.1. The molecule has 0 aromatic heterocycles. The standard InChI is InChI=1S/C17H27NO2/c1-5-9-18-17(14-8-10-20-13(14)3)15-11-12(2)6-7-16(15)19-4/h6-7,11,13-14,17-18H,5,8-10H2,1-4H3. The average Bonchev–Trinajstić information content (AvgIpc) is 2.86. The van der Waals surface area contributed by atoms with Gasteiger partial charge in [0.2, 0.25) is 0 Å². The van der Waals surface area contributed by atoms with E-state index in [1.165, 1.54) is 11.1 Å². The number of hydrogen-bond donors (Lipinski definition) is 1. The van der Waals surface area contributed by atoms with Crippen molar-refractivity contribution in [1.29, 1.82) is 0 Å². The molecule has 0 amide bonds. The van der Waals surface area contributed by atoms with Gasteiger partial charge in [-0.05, 0) is 39.3 Å². The van der Waals surface area contributed by atoms with Crippen LogP contribution in [0.5, 0.6) is 5.75 Å². The van der Waals surface area contributed by atoms with Crippen LogP contribution in [0.25, 0.3) is 0 Å². The predicted octanol–water partition coefficient (Wildman–Crippen LogP) is 3.47. The van der Waals surface area contributed by atoms with E-state index < -0.39 is 0 Å². The number of rotatable bonds is 6. The van der Waals surface area contributed by atoms with E-state index in [1.54, 1.807) is 7.11 Å². The lowest BCUT2D eigenvalue weighted by Gasteiger charge is -2.29. The molecule has 3 nitrogen and oxygen atoms in total. The Bertz CT molecular complexity index is 433. The number of ether oxygens (including phenoxy) is 2. The molecule has 0 aliphatic carbocycles. The topological polar surface area (TPSA) is 30.5 Å². The van der Waals surface area contributed by atoms with Crippen LogP contribution in [0.4, 0.5) is 0 Å². The number of nitrogens with one attached hydrogen (secondary N) is 1. The fourth-order valence-electron chi connectivity index (χ4n) is 3.07. The molecule has 3 atom stereocenters. The molecule has 0 saturated carbocycles. The molecule has 112 valence electrons. The van der Waals surface area contributed by atoms with Crippen molar-refractivity contribution in [2.75, 3.05) is 20.3 Å². The second-order valence-electron chi connectivity index (χ2n) is 5.71. The molecule has 0 radical (unpaired) electrons. The van der Waals surface area contributed by atoms with Gasteiger partial charge >= 0.3 is 0 Å². The van der Waals surface area contributed by atoms with Crippen LogP contribution in [0.1, 0.15) is 43.9 Å². The molecule has 3 heteroatoms. The minimum atomic E-state index is 0.301. The molecule has 2 rings (SSSR count). The Labute approximate surface area is 122 Å². The molecule has 3 unspecified atom stereocenters. The summed E-state index contributed by atoms with van der Waals surface area (Å²) in [5.41, 5.74) is 2.54. The molecular weight excluding hydrogens is 250 g/mol. The summed E-state index contributed by atoms with van der Waals surface area (Å²) in [6.07, 6.45) is 2.54. The first-order valence-electron chi connectivity index (χ1n) is 7.67. The first-order valence-corrected chi connectivity index (χ1v) is 7.67. The molecule has 0 spiro atoms. The lowest BCUT2D eigenvalue weighted by Crippen LogP contribution is -2.32. The van der Waals surface area contributed by atoms with Crippen molar-refractivity contribution in [2.24, 2.45) is 5.92 Å². The highest BCUT2D eigenvalue weighted by atomic mass is 16.5. The van der Waals surface area contributed by atoms with Crippen LogP contribution >= 0.6 is 0 Å². The van der Waals surface area contributed by atoms with Crippen LogP contribution in [0.3, 0.4) is 0 Å². The largest absolute Gasteiger partial charge is 0.496 e. The van der Waals surface area contributed by atoms with Gasteiger partial charge < -0.3 is 14.8 Å². The Morgan fingerprint density at radius 3 is 2.85 bits per heavy atom. The highest BCUT2D eigenvalue weighted by Gasteiger charge is 2.33. The highest BCUT2D eigenvalue weighted by molar-refractivity contribution is 5.39. The van der Waals surface area contributed by atoms with Gasteiger partial charge in [0, 0.05) is 24.1 Å². The van der Waals surface area contributed by atoms with Gasteiger partial charge in [-0.1, -0.05) is 24.6 Å². The predicted molar refractivity (Wildman–Crippen MR) is 82.3 cm³/mol. The number of methoxy groups -OCH3 is 1. The monoisotopic (exact) mass is 277 g/mol. The fourth-order valence-corrected chi connectivity index (χ4v) is 3.07. The van der Waals surface area contributed by atoms with E-state index >= 15 is 0 Å². The molecule has 1 fully saturated rings. The minimum Gasteiger partial charge on any atom is -0.496 e. The van der Waals surface area contributed by atoms with Crippen molar-refractivity contribution < 1.29 is 9.47 Å². The molecule has 1 saturated heterocycles. The van der Waals surface area contributed by atoms with E-state index in [9.17, 15) is 0 Å². The third kappa shape index (κ3) is 3.33. The number of benzene rings is 1. The highest BCUT2D eigenvalue weighted by Crippen LogP contribution is 2.37. The van der Waals surface area contributed by atoms with Gasteiger partial charge in [0.05, 0.1) is 13.2 Å². The summed E-state index contributed by atoms with van der Waals surface area (Å²) in [7, 11) is 1.75. The lowest BCUT2D eigenvalue weighted by atomic mass is 9.87. The van der Waals surface area contributed by atoms with Crippen LogP contribution in [-0.2, 0) is 4.74 Å². The Morgan fingerprint density at radius 1 is 1.45 bits per heavy atom. The maximum atomic E-state index is 5.77. The van der Waals surface area contributed by atoms with Gasteiger partial charge in [-0.3, -0.25) is 0 Å². The van der Waals surface area contributed by atoms with Gasteiger partial charge in [-0.2, -0.15) is 0 Å². The van der Waals surface area contributed by atoms with E-state index in [-0.39, 0.29) is 0 Å². The van der Waals surface area contributed by atoms with Crippen molar-refractivity contribution in [1.82, 2.24) is 5.32 Å². The first-order chi connectivity index (χ1) is 9.67. The summed E-state index contributed by atoms with van der Waals surface area (Å²) in [6, 6.07) is 6.74. The van der Waals surface area contributed by atoms with Crippen molar-refractivity contribution in [3.63, 3.8) is 0 Å². The zero-order valence-electron chi connectivity index (χ0n) is 13.1. The zero-order chi connectivity index (χ0) is 14.5. The normalized spacial score (nSPS) is 23.8. The van der Waals surface area contributed by atoms with Crippen molar-refractivity contribution in [3.8, 4) is 5.75 Å². The summed E-state index contributed by atoms with van der Waals surface area (Å²) >= 11 is 0. The third-order valence-corrected chi connectivity index (χ3v) is 4.20. The Kier molecular flexibility index (Phi) is 5.44. The molecule has 1 aliphatic heterocycles. The SMILES string of the molecule is CCCNC(c1cc(C)ccc1OC)C1CCOC1C. The molecule has 1 heterocycles. The molecule has 20 heavy (non-hydrogen) atoms. The smallest absolute Gasteiger partial charge is 0.123 e. The summed E-state index contributed by atoms with van der Waals surface area (Å²) < 4.78 is 11.3. The number of hydrogen-bond acceptors (Lipinski definition) is 3. The molecule has 1 aromatic rings. The van der Waals surface area contributed by atoms with E-state index in [0.29, 0.717) is 18.1 Å². The first kappa shape index (κ1) is 15.3. The maximum Gasteiger partial charge on any atom is 0.123 e. The molecule has 1 aliphatic rings. The maximum absolute atomic E-state index is 5.77. The van der Waals surface area contributed by atoms with Crippen LogP contribution < -0.4 is 10.1 Å². The van der Waals surface area contributed by atoms with E-state index in [2.05, 4.69) is 44.3 Å². The van der Waals surface area contributed by atoms with Gasteiger partial charge in [-0.15, -0.1) is 0 Å². The van der Waals surface area contributed by atoms with Gasteiger partial charge in [-0.25, -0.2) is 0 Å². The fraction of sp³-hybridized carbons (Fsp3) is 0.647. The van der Waals surface area contributed by atoms with Crippen molar-refractivity contribution in [3.05, 3.63) is 29.3 Å². The summed E-state index contributed by atoms with van der Waals surface area (Å²) in [5.74, 6) is 1.49. The molecule has 1 N–H and O–H groups in total. The Morgan fingerprint density at radius 2 is 2.25 bits per heavy atom. The van der Waals surface area contributed by atoms with Crippen LogP contribution in [-0.4, -0.2) is 26.4 Å². The summed E-state index contributed by atoms with van der Waals surface area (Å²) in [4.78, 5) is 0.